The summed E-state index contributed by atoms with van der Waals surface area (Å²) < 4.78 is 13.6. The third-order valence-electron chi connectivity index (χ3n) is 3.23. The number of nitrogens with zero attached hydrogens (tertiary/aromatic N) is 1. The van der Waals surface area contributed by atoms with E-state index in [1.54, 1.807) is 17.0 Å². The van der Waals surface area contributed by atoms with Crippen molar-refractivity contribution in [3.05, 3.63) is 71.0 Å². The van der Waals surface area contributed by atoms with Gasteiger partial charge in [0.25, 0.3) is 5.91 Å². The van der Waals surface area contributed by atoms with Gasteiger partial charge < -0.3 is 4.90 Å². The van der Waals surface area contributed by atoms with E-state index in [0.29, 0.717) is 13.1 Å². The molecule has 2 nitrogen and oxygen atoms in total. The van der Waals surface area contributed by atoms with E-state index in [1.807, 2.05) is 24.3 Å². The molecule has 90 valence electrons. The van der Waals surface area contributed by atoms with Crippen molar-refractivity contribution in [3.8, 4) is 0 Å². The molecule has 1 aliphatic heterocycles. The number of halogens is 1. The van der Waals surface area contributed by atoms with Crippen LogP contribution in [0.5, 0.6) is 0 Å². The number of amides is 1. The van der Waals surface area contributed by atoms with Gasteiger partial charge in [0.2, 0.25) is 0 Å². The van der Waals surface area contributed by atoms with Crippen molar-refractivity contribution in [1.29, 1.82) is 0 Å². The number of fused-ring (bicyclic) bond motifs is 1. The maximum Gasteiger partial charge on any atom is 0.257 e. The van der Waals surface area contributed by atoms with Gasteiger partial charge in [-0.15, -0.1) is 0 Å². The van der Waals surface area contributed by atoms with E-state index in [4.69, 9.17) is 0 Å². The molecule has 0 spiro atoms. The summed E-state index contributed by atoms with van der Waals surface area (Å²) in [4.78, 5) is 13.9. The van der Waals surface area contributed by atoms with Gasteiger partial charge in [0.15, 0.2) is 0 Å². The Balaban J connectivity index is 1.87. The zero-order valence-electron chi connectivity index (χ0n) is 9.77. The third-order valence-corrected chi connectivity index (χ3v) is 3.23. The van der Waals surface area contributed by atoms with E-state index >= 15 is 0 Å². The minimum absolute atomic E-state index is 0.144. The summed E-state index contributed by atoms with van der Waals surface area (Å²) in [6, 6.07) is 14.0. The Morgan fingerprint density at radius 2 is 1.50 bits per heavy atom. The summed E-state index contributed by atoms with van der Waals surface area (Å²) >= 11 is 0. The Labute approximate surface area is 105 Å². The van der Waals surface area contributed by atoms with Crippen LogP contribution < -0.4 is 0 Å². The van der Waals surface area contributed by atoms with Crippen molar-refractivity contribution in [3.63, 3.8) is 0 Å². The van der Waals surface area contributed by atoms with Crippen molar-refractivity contribution in [2.75, 3.05) is 0 Å². The predicted octanol–water partition coefficient (Wildman–Crippen LogP) is 2.98. The fourth-order valence-corrected chi connectivity index (χ4v) is 2.28. The zero-order valence-corrected chi connectivity index (χ0v) is 9.77. The standard InChI is InChI=1S/C15H12FNO/c16-14-8-4-3-7-13(14)15(18)17-9-11-5-1-2-6-12(11)10-17/h1-8H,9-10H2. The average molecular weight is 241 g/mol. The molecule has 1 amide bonds. The average Bonchev–Trinajstić information content (AvgIpc) is 2.82. The smallest absolute Gasteiger partial charge is 0.257 e. The van der Waals surface area contributed by atoms with Crippen LogP contribution in [0.2, 0.25) is 0 Å². The van der Waals surface area contributed by atoms with Crippen LogP contribution in [0.15, 0.2) is 48.5 Å². The van der Waals surface area contributed by atoms with Gasteiger partial charge in [-0.25, -0.2) is 4.39 Å². The molecule has 3 heteroatoms. The zero-order chi connectivity index (χ0) is 12.5. The first-order valence-corrected chi connectivity index (χ1v) is 5.86. The molecule has 0 N–H and O–H groups in total. The molecular weight excluding hydrogens is 229 g/mol. The Bertz CT molecular complexity index is 584. The van der Waals surface area contributed by atoms with E-state index in [-0.39, 0.29) is 11.5 Å². The van der Waals surface area contributed by atoms with Crippen LogP contribution in [-0.2, 0) is 13.1 Å². The van der Waals surface area contributed by atoms with Crippen molar-refractivity contribution in [1.82, 2.24) is 4.90 Å². The molecule has 18 heavy (non-hydrogen) atoms. The van der Waals surface area contributed by atoms with Crippen LogP contribution in [0.3, 0.4) is 0 Å². The van der Waals surface area contributed by atoms with Crippen LogP contribution >= 0.6 is 0 Å². The van der Waals surface area contributed by atoms with Crippen LogP contribution in [0, 0.1) is 5.82 Å². The number of carbonyl (C=O) groups is 1. The first-order chi connectivity index (χ1) is 8.75. The molecule has 0 atom stereocenters. The highest BCUT2D eigenvalue weighted by Crippen LogP contribution is 2.24. The van der Waals surface area contributed by atoms with Crippen molar-refractivity contribution < 1.29 is 9.18 Å². The maximum atomic E-state index is 13.6. The van der Waals surface area contributed by atoms with Gasteiger partial charge in [-0.2, -0.15) is 0 Å². The monoisotopic (exact) mass is 241 g/mol. The lowest BCUT2D eigenvalue weighted by atomic mass is 10.1. The summed E-state index contributed by atoms with van der Waals surface area (Å²) in [5.74, 6) is -0.706. The quantitative estimate of drug-likeness (QED) is 0.751. The van der Waals surface area contributed by atoms with Crippen LogP contribution in [-0.4, -0.2) is 10.8 Å². The molecule has 0 saturated heterocycles. The first kappa shape index (κ1) is 11.0. The largest absolute Gasteiger partial charge is 0.330 e. The van der Waals surface area contributed by atoms with Gasteiger partial charge in [0.1, 0.15) is 5.82 Å². The lowest BCUT2D eigenvalue weighted by Crippen LogP contribution is -2.26. The van der Waals surface area contributed by atoms with Gasteiger partial charge in [-0.3, -0.25) is 4.79 Å². The first-order valence-electron chi connectivity index (χ1n) is 5.86. The van der Waals surface area contributed by atoms with E-state index in [2.05, 4.69) is 0 Å². The molecule has 0 saturated carbocycles. The topological polar surface area (TPSA) is 20.3 Å². The summed E-state index contributed by atoms with van der Waals surface area (Å²) in [5, 5.41) is 0. The van der Waals surface area contributed by atoms with E-state index in [9.17, 15) is 9.18 Å². The Hall–Kier alpha value is -2.16. The predicted molar refractivity (Wildman–Crippen MR) is 66.4 cm³/mol. The number of hydrogen-bond acceptors (Lipinski definition) is 1. The highest BCUT2D eigenvalue weighted by atomic mass is 19.1. The fraction of sp³-hybridized carbons (Fsp3) is 0.133. The number of benzene rings is 2. The second-order valence-electron chi connectivity index (χ2n) is 4.41. The molecule has 2 aromatic carbocycles. The van der Waals surface area contributed by atoms with Crippen LogP contribution in [0.1, 0.15) is 21.5 Å². The van der Waals surface area contributed by atoms with Gasteiger partial charge in [0.05, 0.1) is 5.56 Å². The molecule has 0 bridgehead atoms. The van der Waals surface area contributed by atoms with Crippen LogP contribution in [0.25, 0.3) is 0 Å². The molecule has 1 heterocycles. The SMILES string of the molecule is O=C(c1ccccc1F)N1Cc2ccccc2C1. The lowest BCUT2D eigenvalue weighted by molar-refractivity contribution is 0.0746. The normalized spacial score (nSPS) is 13.5. The van der Waals surface area contributed by atoms with Gasteiger partial charge >= 0.3 is 0 Å². The minimum Gasteiger partial charge on any atom is -0.330 e. The summed E-state index contributed by atoms with van der Waals surface area (Å²) in [6.07, 6.45) is 0. The maximum absolute atomic E-state index is 13.6. The van der Waals surface area contributed by atoms with Gasteiger partial charge in [-0.1, -0.05) is 36.4 Å². The molecule has 0 unspecified atom stereocenters. The number of rotatable bonds is 1. The molecule has 3 rings (SSSR count). The van der Waals surface area contributed by atoms with E-state index in [0.717, 1.165) is 11.1 Å². The Morgan fingerprint density at radius 3 is 2.11 bits per heavy atom. The molecule has 0 aliphatic carbocycles. The highest BCUT2D eigenvalue weighted by Gasteiger charge is 2.25. The van der Waals surface area contributed by atoms with E-state index in [1.165, 1.54) is 12.1 Å². The third kappa shape index (κ3) is 1.78. The number of carbonyl (C=O) groups excluding carboxylic acids is 1. The second kappa shape index (κ2) is 4.26. The highest BCUT2D eigenvalue weighted by molar-refractivity contribution is 5.94. The van der Waals surface area contributed by atoms with Gasteiger partial charge in [0, 0.05) is 13.1 Å². The van der Waals surface area contributed by atoms with Crippen LogP contribution in [0.4, 0.5) is 4.39 Å². The van der Waals surface area contributed by atoms with Crippen molar-refractivity contribution in [2.24, 2.45) is 0 Å². The minimum atomic E-state index is -0.460. The Morgan fingerprint density at radius 1 is 0.944 bits per heavy atom. The summed E-state index contributed by atoms with van der Waals surface area (Å²) in [7, 11) is 0. The number of hydrogen-bond donors (Lipinski definition) is 0. The summed E-state index contributed by atoms with van der Waals surface area (Å²) in [6.45, 7) is 1.12. The molecular formula is C15H12FNO. The molecule has 0 aromatic heterocycles. The molecule has 0 fully saturated rings. The van der Waals surface area contributed by atoms with Crippen molar-refractivity contribution >= 4 is 5.91 Å². The lowest BCUT2D eigenvalue weighted by Gasteiger charge is -2.15. The fourth-order valence-electron chi connectivity index (χ4n) is 2.28. The van der Waals surface area contributed by atoms with E-state index < -0.39 is 5.82 Å². The summed E-state index contributed by atoms with van der Waals surface area (Å²) in [5.41, 5.74) is 2.43. The molecule has 2 aromatic rings. The Kier molecular flexibility index (Phi) is 2.59. The second-order valence-corrected chi connectivity index (χ2v) is 4.41. The molecule has 0 radical (unpaired) electrons. The van der Waals surface area contributed by atoms with Gasteiger partial charge in [-0.05, 0) is 23.3 Å². The molecule has 1 aliphatic rings. The van der Waals surface area contributed by atoms with Crippen molar-refractivity contribution in [2.45, 2.75) is 13.1 Å².